The molecule has 1 aromatic heterocycles. The van der Waals surface area contributed by atoms with Crippen LogP contribution in [-0.2, 0) is 65.6 Å². The number of anilines is 1. The van der Waals surface area contributed by atoms with Gasteiger partial charge in [0.1, 0.15) is 41.8 Å². The van der Waals surface area contributed by atoms with Crippen molar-refractivity contribution in [3.63, 3.8) is 0 Å². The number of aromatic nitrogens is 1. The molecule has 1 aliphatic heterocycles. The standard InChI is InChI=1S/C68H107N13O13S/c1-15-43(8)58(53(92-13)38-54(83)81-35-22-27-52(81)59(93-14)44(9)60(84)76-51(65-71-34-36-95-65)37-46-23-17-16-18-24-46)79(11)66(89)56(41(4)5)78-64(88)57(42(6)7)80(12)68(91)94-39-47-28-30-48(31-29-47)74-61(85)50(26-21-33-72-67(70)90)75-63(87)55(40(2)3)77-62(86)49(73-45(10)82)25-19-20-32-69/h16-18,23-24,28-31,34,36,40-44,49-53,55-59H,15,19-22,25-27,32-33,35,37-39,69H2,1-14H3,(H,73,82)(H,74,85)(H,75,87)(H,76,84)(H,77,86)(H,78,88)(H3,70,72,90)/t43-,44+,49-,50-,51-,52-,53+,55-,56-,57-,58-,59+/m0/s1. The number of hydrogen-bond acceptors (Lipinski definition) is 16. The van der Waals surface area contributed by atoms with Crippen LogP contribution in [0.1, 0.15) is 149 Å². The maximum atomic E-state index is 14.9. The number of unbranched alkanes of at least 4 members (excludes halogenated alkanes) is 1. The van der Waals surface area contributed by atoms with Crippen molar-refractivity contribution in [3.05, 3.63) is 82.3 Å². The minimum atomic E-state index is -1.14. The van der Waals surface area contributed by atoms with Crippen molar-refractivity contribution in [3.8, 4) is 0 Å². The van der Waals surface area contributed by atoms with E-state index in [1.165, 1.54) is 37.3 Å². The normalized spacial score (nSPS) is 16.5. The molecule has 12 atom stereocenters. The molecule has 11 N–H and O–H groups in total. The monoisotopic (exact) mass is 1350 g/mol. The first-order chi connectivity index (χ1) is 45.1. The smallest absolute Gasteiger partial charge is 0.410 e. The molecule has 0 spiro atoms. The number of nitrogens with one attached hydrogen (secondary N) is 7. The van der Waals surface area contributed by atoms with Crippen LogP contribution in [0.2, 0.25) is 0 Å². The second kappa shape index (κ2) is 40.0. The molecule has 0 aliphatic carbocycles. The van der Waals surface area contributed by atoms with Gasteiger partial charge in [0.25, 0.3) is 0 Å². The van der Waals surface area contributed by atoms with Crippen LogP contribution in [0, 0.1) is 29.6 Å². The van der Waals surface area contributed by atoms with Crippen molar-refractivity contribution in [1.82, 2.24) is 51.6 Å². The first-order valence-electron chi connectivity index (χ1n) is 33.1. The lowest BCUT2D eigenvalue weighted by Crippen LogP contribution is -2.60. The number of likely N-dealkylation sites (N-methyl/N-ethyl adjacent to an activating group) is 2. The molecule has 95 heavy (non-hydrogen) atoms. The molecule has 26 nitrogen and oxygen atoms in total. The van der Waals surface area contributed by atoms with Gasteiger partial charge in [0, 0.05) is 65.6 Å². The van der Waals surface area contributed by atoms with Crippen molar-refractivity contribution >= 4 is 76.4 Å². The number of carbonyl (C=O) groups excluding carboxylic acids is 10. The van der Waals surface area contributed by atoms with Crippen LogP contribution in [0.3, 0.4) is 0 Å². The Morgan fingerprint density at radius 1 is 0.716 bits per heavy atom. The van der Waals surface area contributed by atoms with Crippen molar-refractivity contribution in [1.29, 1.82) is 0 Å². The van der Waals surface area contributed by atoms with Crippen LogP contribution in [-0.4, -0.2) is 182 Å². The van der Waals surface area contributed by atoms with E-state index in [0.717, 1.165) is 10.6 Å². The lowest BCUT2D eigenvalue weighted by Gasteiger charge is -2.41. The van der Waals surface area contributed by atoms with Crippen LogP contribution >= 0.6 is 11.3 Å². The van der Waals surface area contributed by atoms with E-state index in [1.807, 2.05) is 70.3 Å². The predicted molar refractivity (Wildman–Crippen MR) is 364 cm³/mol. The Hall–Kier alpha value is -7.75. The van der Waals surface area contributed by atoms with Gasteiger partial charge < -0.3 is 72.7 Å². The van der Waals surface area contributed by atoms with Gasteiger partial charge in [0.2, 0.25) is 47.3 Å². The number of urea groups is 1. The summed E-state index contributed by atoms with van der Waals surface area (Å²) in [7, 11) is 6.16. The molecule has 1 fully saturated rings. The zero-order valence-corrected chi connectivity index (χ0v) is 58.9. The molecule has 27 heteroatoms. The number of ether oxygens (including phenoxy) is 3. The molecule has 528 valence electrons. The third kappa shape index (κ3) is 24.4. The summed E-state index contributed by atoms with van der Waals surface area (Å²) in [6.45, 7) is 18.4. The summed E-state index contributed by atoms with van der Waals surface area (Å²) >= 11 is 1.47. The van der Waals surface area contributed by atoms with Gasteiger partial charge in [-0.2, -0.15) is 0 Å². The van der Waals surface area contributed by atoms with E-state index < -0.39 is 126 Å². The highest BCUT2D eigenvalue weighted by atomic mass is 32.1. The van der Waals surface area contributed by atoms with Crippen LogP contribution in [0.25, 0.3) is 0 Å². The second-order valence-corrected chi connectivity index (χ2v) is 26.7. The Bertz CT molecular complexity index is 2940. The number of nitrogens with two attached hydrogens (primary N) is 2. The number of benzene rings is 2. The number of hydrogen-bond donors (Lipinski definition) is 9. The molecule has 2 heterocycles. The maximum Gasteiger partial charge on any atom is 0.410 e. The summed E-state index contributed by atoms with van der Waals surface area (Å²) in [5.74, 6) is -5.76. The Labute approximate surface area is 565 Å². The summed E-state index contributed by atoms with van der Waals surface area (Å²) in [6.07, 6.45) is 3.71. The topological polar surface area (TPSA) is 357 Å². The molecule has 0 bridgehead atoms. The SMILES string of the molecule is CC[C@H](C)[C@@H]([C@@H](CC(=O)N1CCC[C@H]1[C@H](OC)[C@@H](C)C(=O)N[C@@H](Cc1ccccc1)c1nccs1)OC)N(C)C(=O)[C@@H](NC(=O)[C@H](C(C)C)N(C)C(=O)OCc1ccc(NC(=O)[C@H](CCCNC(N)=O)NC(=O)[C@@H](NC(=O)[C@H](CCCCN)NC(C)=O)C(C)C)cc1)C(C)C. The third-order valence-corrected chi connectivity index (χ3v) is 18.4. The minimum absolute atomic E-state index is 0.0683. The summed E-state index contributed by atoms with van der Waals surface area (Å²) < 4.78 is 17.9. The van der Waals surface area contributed by atoms with Crippen LogP contribution < -0.4 is 48.7 Å². The highest BCUT2D eigenvalue weighted by Gasteiger charge is 2.44. The molecule has 0 saturated carbocycles. The summed E-state index contributed by atoms with van der Waals surface area (Å²) in [5, 5.41) is 22.2. The number of thiazole rings is 1. The van der Waals surface area contributed by atoms with E-state index in [1.54, 1.807) is 82.1 Å². The van der Waals surface area contributed by atoms with Gasteiger partial charge in [-0.05, 0) is 105 Å². The van der Waals surface area contributed by atoms with Gasteiger partial charge in [-0.25, -0.2) is 14.6 Å². The summed E-state index contributed by atoms with van der Waals surface area (Å²) in [4.78, 5) is 145. The van der Waals surface area contributed by atoms with E-state index >= 15 is 0 Å². The largest absolute Gasteiger partial charge is 0.445 e. The number of nitrogens with zero attached hydrogens (tertiary/aromatic N) is 4. The first-order valence-corrected chi connectivity index (χ1v) is 34.0. The van der Waals surface area contributed by atoms with Crippen molar-refractivity contribution in [2.45, 2.75) is 201 Å². The fourth-order valence-corrected chi connectivity index (χ4v) is 12.8. The summed E-state index contributed by atoms with van der Waals surface area (Å²) in [6, 6.07) is 8.83. The van der Waals surface area contributed by atoms with E-state index in [2.05, 4.69) is 42.2 Å². The average Bonchev–Trinajstić information content (AvgIpc) is 1.80. The Balaban J connectivity index is 1.42. The molecule has 0 unspecified atom stereocenters. The highest BCUT2D eigenvalue weighted by molar-refractivity contribution is 7.09. The van der Waals surface area contributed by atoms with Crippen LogP contribution in [0.4, 0.5) is 15.3 Å². The van der Waals surface area contributed by atoms with Gasteiger partial charge in [0.15, 0.2) is 0 Å². The van der Waals surface area contributed by atoms with E-state index in [-0.39, 0.29) is 56.2 Å². The summed E-state index contributed by atoms with van der Waals surface area (Å²) in [5.41, 5.74) is 12.8. The zero-order valence-electron chi connectivity index (χ0n) is 58.1. The average molecular weight is 1350 g/mol. The molecule has 1 aliphatic rings. The molecular formula is C68H107N13O13S. The molecule has 2 aromatic carbocycles. The van der Waals surface area contributed by atoms with Crippen molar-refractivity contribution in [2.24, 2.45) is 41.1 Å². The quantitative estimate of drug-likeness (QED) is 0.0317. The minimum Gasteiger partial charge on any atom is -0.445 e. The Kier molecular flexibility index (Phi) is 33.5. The number of amides is 11. The first kappa shape index (κ1) is 79.7. The van der Waals surface area contributed by atoms with Gasteiger partial charge in [-0.15, -0.1) is 11.3 Å². The van der Waals surface area contributed by atoms with Gasteiger partial charge in [-0.3, -0.25) is 43.3 Å². The van der Waals surface area contributed by atoms with Crippen LogP contribution in [0.15, 0.2) is 66.2 Å². The lowest BCUT2D eigenvalue weighted by atomic mass is 9.89. The van der Waals surface area contributed by atoms with Gasteiger partial charge in [0.05, 0.1) is 42.7 Å². The van der Waals surface area contributed by atoms with E-state index in [4.69, 9.17) is 25.7 Å². The molecule has 4 rings (SSSR count). The van der Waals surface area contributed by atoms with Crippen molar-refractivity contribution < 1.29 is 62.2 Å². The van der Waals surface area contributed by atoms with Gasteiger partial charge >= 0.3 is 12.1 Å². The lowest BCUT2D eigenvalue weighted by molar-refractivity contribution is -0.148. The number of rotatable bonds is 39. The highest BCUT2D eigenvalue weighted by Crippen LogP contribution is 2.31. The molecule has 1 saturated heterocycles. The molecular weight excluding hydrogens is 1240 g/mol. The fourth-order valence-electron chi connectivity index (χ4n) is 12.1. The Morgan fingerprint density at radius 2 is 1.36 bits per heavy atom. The number of methoxy groups -OCH3 is 2. The van der Waals surface area contributed by atoms with Gasteiger partial charge in [-0.1, -0.05) is 111 Å². The predicted octanol–water partition coefficient (Wildman–Crippen LogP) is 5.54. The molecule has 11 amide bonds. The fraction of sp³-hybridized carbons (Fsp3) is 0.632. The van der Waals surface area contributed by atoms with Crippen molar-refractivity contribution in [2.75, 3.05) is 53.3 Å². The number of likely N-dealkylation sites (tertiary alicyclic amines) is 1. The number of carbonyl (C=O) groups is 10. The second-order valence-electron chi connectivity index (χ2n) is 25.7. The van der Waals surface area contributed by atoms with E-state index in [9.17, 15) is 47.9 Å². The molecule has 3 aromatic rings. The van der Waals surface area contributed by atoms with E-state index in [0.29, 0.717) is 69.3 Å². The molecule has 0 radical (unpaired) electrons. The Morgan fingerprint density at radius 3 is 1.93 bits per heavy atom. The number of primary amides is 1. The third-order valence-electron chi connectivity index (χ3n) is 17.5. The zero-order chi connectivity index (χ0) is 70.6. The van der Waals surface area contributed by atoms with Crippen LogP contribution in [0.5, 0.6) is 0 Å². The maximum absolute atomic E-state index is 14.9.